The van der Waals surface area contributed by atoms with Gasteiger partial charge < -0.3 is 10.2 Å². The number of alkyl halides is 3. The van der Waals surface area contributed by atoms with Crippen molar-refractivity contribution in [2.24, 2.45) is 0 Å². The molecule has 1 aromatic carbocycles. The number of halogens is 4. The van der Waals surface area contributed by atoms with Crippen molar-refractivity contribution in [1.29, 1.82) is 0 Å². The van der Waals surface area contributed by atoms with E-state index in [9.17, 15) is 13.2 Å². The van der Waals surface area contributed by atoms with Crippen LogP contribution < -0.4 is 10.2 Å². The van der Waals surface area contributed by atoms with Gasteiger partial charge in [0.15, 0.2) is 0 Å². The van der Waals surface area contributed by atoms with Crippen LogP contribution in [0, 0.1) is 0 Å². The number of nitrogens with one attached hydrogen (secondary N) is 1. The van der Waals surface area contributed by atoms with Gasteiger partial charge >= 0.3 is 6.18 Å². The lowest BCUT2D eigenvalue weighted by Crippen LogP contribution is -2.54. The summed E-state index contributed by atoms with van der Waals surface area (Å²) in [5, 5.41) is 3.32. The Morgan fingerprint density at radius 3 is 2.74 bits per heavy atom. The number of piperazine rings is 1. The van der Waals surface area contributed by atoms with Gasteiger partial charge in [0, 0.05) is 35.3 Å². The third-order valence-electron chi connectivity index (χ3n) is 3.90. The van der Waals surface area contributed by atoms with E-state index in [4.69, 9.17) is 0 Å². The van der Waals surface area contributed by atoms with Crippen molar-refractivity contribution >= 4 is 21.6 Å². The summed E-state index contributed by atoms with van der Waals surface area (Å²) in [6.45, 7) is 3.69. The molecule has 104 valence electrons. The number of anilines is 1. The van der Waals surface area contributed by atoms with Gasteiger partial charge in [-0.25, -0.2) is 0 Å². The Morgan fingerprint density at radius 1 is 1.32 bits per heavy atom. The van der Waals surface area contributed by atoms with E-state index in [2.05, 4.69) is 26.1 Å². The smallest absolute Gasteiger partial charge is 0.363 e. The highest BCUT2D eigenvalue weighted by Crippen LogP contribution is 2.43. The summed E-state index contributed by atoms with van der Waals surface area (Å²) < 4.78 is 39.1. The zero-order valence-electron chi connectivity index (χ0n) is 10.4. The summed E-state index contributed by atoms with van der Waals surface area (Å²) in [6.07, 6.45) is -3.51. The minimum atomic E-state index is -4.32. The van der Waals surface area contributed by atoms with Crippen molar-refractivity contribution < 1.29 is 13.2 Å². The molecule has 0 spiro atoms. The normalized spacial score (nSPS) is 26.3. The zero-order valence-corrected chi connectivity index (χ0v) is 12.0. The SMILES string of the molecule is CC1CNC[C@@H]2Cc3cc(Br)c(C(F)(F)F)cc3N12. The first-order chi connectivity index (χ1) is 8.88. The summed E-state index contributed by atoms with van der Waals surface area (Å²) in [7, 11) is 0. The van der Waals surface area contributed by atoms with Crippen molar-refractivity contribution in [3.63, 3.8) is 0 Å². The molecular weight excluding hydrogens is 321 g/mol. The molecule has 0 radical (unpaired) electrons. The molecule has 1 N–H and O–H groups in total. The average Bonchev–Trinajstić information content (AvgIpc) is 2.64. The molecule has 0 aromatic heterocycles. The molecule has 0 bridgehead atoms. The van der Waals surface area contributed by atoms with Crippen LogP contribution in [0.2, 0.25) is 0 Å². The van der Waals surface area contributed by atoms with Gasteiger partial charge in [0.25, 0.3) is 0 Å². The van der Waals surface area contributed by atoms with Crippen molar-refractivity contribution in [2.45, 2.75) is 31.6 Å². The highest BCUT2D eigenvalue weighted by molar-refractivity contribution is 9.10. The van der Waals surface area contributed by atoms with E-state index in [1.165, 1.54) is 6.07 Å². The van der Waals surface area contributed by atoms with Crippen LogP contribution in [0.25, 0.3) is 0 Å². The second-order valence-electron chi connectivity index (χ2n) is 5.23. The second-order valence-corrected chi connectivity index (χ2v) is 6.09. The molecule has 3 rings (SSSR count). The van der Waals surface area contributed by atoms with E-state index in [-0.39, 0.29) is 16.6 Å². The highest BCUT2D eigenvalue weighted by atomic mass is 79.9. The van der Waals surface area contributed by atoms with Crippen LogP contribution in [-0.4, -0.2) is 25.2 Å². The van der Waals surface area contributed by atoms with E-state index in [1.54, 1.807) is 6.07 Å². The molecular formula is C13H14BrF3N2. The largest absolute Gasteiger partial charge is 0.417 e. The van der Waals surface area contributed by atoms with Gasteiger partial charge in [-0.15, -0.1) is 0 Å². The zero-order chi connectivity index (χ0) is 13.8. The van der Waals surface area contributed by atoms with Gasteiger partial charge in [-0.1, -0.05) is 15.9 Å². The third kappa shape index (κ3) is 2.14. The first kappa shape index (κ1) is 13.2. The lowest BCUT2D eigenvalue weighted by Gasteiger charge is -2.38. The monoisotopic (exact) mass is 334 g/mol. The molecule has 0 saturated carbocycles. The summed E-state index contributed by atoms with van der Waals surface area (Å²) in [4.78, 5) is 2.13. The van der Waals surface area contributed by atoms with E-state index in [0.29, 0.717) is 0 Å². The maximum absolute atomic E-state index is 13.0. The molecule has 2 heterocycles. The molecule has 0 amide bonds. The van der Waals surface area contributed by atoms with Crippen molar-refractivity contribution in [3.05, 3.63) is 27.7 Å². The van der Waals surface area contributed by atoms with Gasteiger partial charge in [-0.05, 0) is 31.0 Å². The number of hydrogen-bond acceptors (Lipinski definition) is 2. The maximum Gasteiger partial charge on any atom is 0.417 e. The average molecular weight is 335 g/mol. The second kappa shape index (κ2) is 4.38. The van der Waals surface area contributed by atoms with Crippen LogP contribution in [0.1, 0.15) is 18.1 Å². The first-order valence-corrected chi connectivity index (χ1v) is 7.06. The van der Waals surface area contributed by atoms with Gasteiger partial charge in [0.1, 0.15) is 0 Å². The lowest BCUT2D eigenvalue weighted by molar-refractivity contribution is -0.138. The Labute approximate surface area is 118 Å². The van der Waals surface area contributed by atoms with Crippen molar-refractivity contribution in [1.82, 2.24) is 5.32 Å². The third-order valence-corrected chi connectivity index (χ3v) is 4.55. The van der Waals surface area contributed by atoms with Crippen molar-refractivity contribution in [2.75, 3.05) is 18.0 Å². The van der Waals surface area contributed by atoms with Crippen molar-refractivity contribution in [3.8, 4) is 0 Å². The minimum absolute atomic E-state index is 0.138. The minimum Gasteiger partial charge on any atom is -0.363 e. The Hall–Kier alpha value is -0.750. The number of rotatable bonds is 0. The van der Waals surface area contributed by atoms with E-state index >= 15 is 0 Å². The van der Waals surface area contributed by atoms with Gasteiger partial charge in [0.05, 0.1) is 5.56 Å². The molecule has 1 fully saturated rings. The van der Waals surface area contributed by atoms with E-state index < -0.39 is 11.7 Å². The van der Waals surface area contributed by atoms with Crippen LogP contribution in [-0.2, 0) is 12.6 Å². The Bertz CT molecular complexity index is 515. The van der Waals surface area contributed by atoms with Crippen LogP contribution in [0.3, 0.4) is 0 Å². The van der Waals surface area contributed by atoms with E-state index in [0.717, 1.165) is 30.8 Å². The Balaban J connectivity index is 2.08. The fourth-order valence-corrected chi connectivity index (χ4v) is 3.71. The fraction of sp³-hybridized carbons (Fsp3) is 0.538. The summed E-state index contributed by atoms with van der Waals surface area (Å²) in [5.74, 6) is 0. The van der Waals surface area contributed by atoms with Crippen LogP contribution in [0.5, 0.6) is 0 Å². The molecule has 1 saturated heterocycles. The first-order valence-electron chi connectivity index (χ1n) is 6.26. The lowest BCUT2D eigenvalue weighted by atomic mass is 10.1. The van der Waals surface area contributed by atoms with E-state index in [1.807, 2.05) is 6.92 Å². The number of fused-ring (bicyclic) bond motifs is 3. The topological polar surface area (TPSA) is 15.3 Å². The standard InChI is InChI=1S/C13H14BrF3N2/c1-7-5-18-6-9-2-8-3-11(14)10(13(15,16)17)4-12(8)19(7)9/h3-4,7,9,18H,2,5-6H2,1H3/t7?,9-/m0/s1. The molecule has 1 unspecified atom stereocenters. The molecule has 19 heavy (non-hydrogen) atoms. The molecule has 2 nitrogen and oxygen atoms in total. The quantitative estimate of drug-likeness (QED) is 0.783. The maximum atomic E-state index is 13.0. The van der Waals surface area contributed by atoms with Gasteiger partial charge in [-0.2, -0.15) is 13.2 Å². The number of hydrogen-bond donors (Lipinski definition) is 1. The van der Waals surface area contributed by atoms with Crippen LogP contribution in [0.4, 0.5) is 18.9 Å². The highest BCUT2D eigenvalue weighted by Gasteiger charge is 2.39. The van der Waals surface area contributed by atoms with Crippen LogP contribution >= 0.6 is 15.9 Å². The molecule has 1 aromatic rings. The summed E-state index contributed by atoms with van der Waals surface area (Å²) in [6, 6.07) is 3.42. The fourth-order valence-electron chi connectivity index (χ4n) is 3.10. The summed E-state index contributed by atoms with van der Waals surface area (Å²) in [5.41, 5.74) is 1.16. The molecule has 6 heteroatoms. The molecule has 2 aliphatic rings. The van der Waals surface area contributed by atoms with Gasteiger partial charge in [-0.3, -0.25) is 0 Å². The number of benzene rings is 1. The molecule has 0 aliphatic carbocycles. The molecule has 2 atom stereocenters. The Kier molecular flexibility index (Phi) is 3.05. The molecule has 2 aliphatic heterocycles. The summed E-state index contributed by atoms with van der Waals surface area (Å²) >= 11 is 3.05. The van der Waals surface area contributed by atoms with Crippen LogP contribution in [0.15, 0.2) is 16.6 Å². The predicted octanol–water partition coefficient (Wildman–Crippen LogP) is 3.19. The Morgan fingerprint density at radius 2 is 2.05 bits per heavy atom. The predicted molar refractivity (Wildman–Crippen MR) is 71.4 cm³/mol. The number of nitrogens with zero attached hydrogens (tertiary/aromatic N) is 1. The van der Waals surface area contributed by atoms with Gasteiger partial charge in [0.2, 0.25) is 0 Å².